The van der Waals surface area contributed by atoms with Crippen LogP contribution in [0.2, 0.25) is 0 Å². The zero-order valence-electron chi connectivity index (χ0n) is 12.6. The standard InChI is InChI=1S/C16H22N2O3/c1-20-13-3-4-14(15(11-13)21-2)16(19)18-10-7-12-5-8-17-9-6-12/h3-5,11,17H,6-10H2,1-2H3,(H,18,19). The highest BCUT2D eigenvalue weighted by molar-refractivity contribution is 5.97. The summed E-state index contributed by atoms with van der Waals surface area (Å²) < 4.78 is 10.4. The first kappa shape index (κ1) is 15.4. The zero-order valence-corrected chi connectivity index (χ0v) is 12.6. The molecule has 0 saturated carbocycles. The van der Waals surface area contributed by atoms with Crippen molar-refractivity contribution in [2.45, 2.75) is 12.8 Å². The number of hydrogen-bond donors (Lipinski definition) is 2. The van der Waals surface area contributed by atoms with Crippen molar-refractivity contribution < 1.29 is 14.3 Å². The van der Waals surface area contributed by atoms with Crippen molar-refractivity contribution in [1.29, 1.82) is 0 Å². The van der Waals surface area contributed by atoms with E-state index in [9.17, 15) is 4.79 Å². The summed E-state index contributed by atoms with van der Waals surface area (Å²) in [5, 5.41) is 6.21. The molecule has 5 nitrogen and oxygen atoms in total. The van der Waals surface area contributed by atoms with Gasteiger partial charge in [0.2, 0.25) is 0 Å². The topological polar surface area (TPSA) is 59.6 Å². The van der Waals surface area contributed by atoms with E-state index in [1.165, 1.54) is 5.57 Å². The number of carbonyl (C=O) groups is 1. The molecule has 0 spiro atoms. The van der Waals surface area contributed by atoms with Gasteiger partial charge in [0, 0.05) is 19.2 Å². The predicted molar refractivity (Wildman–Crippen MR) is 82.1 cm³/mol. The SMILES string of the molecule is COc1ccc(C(=O)NCCC2=CCNCC2)c(OC)c1. The highest BCUT2D eigenvalue weighted by Crippen LogP contribution is 2.24. The van der Waals surface area contributed by atoms with Crippen LogP contribution >= 0.6 is 0 Å². The van der Waals surface area contributed by atoms with Crippen LogP contribution in [0.3, 0.4) is 0 Å². The van der Waals surface area contributed by atoms with Crippen molar-refractivity contribution in [2.24, 2.45) is 0 Å². The third-order valence-corrected chi connectivity index (χ3v) is 3.54. The Labute approximate surface area is 125 Å². The lowest BCUT2D eigenvalue weighted by Crippen LogP contribution is -2.27. The van der Waals surface area contributed by atoms with Gasteiger partial charge in [-0.1, -0.05) is 11.6 Å². The number of methoxy groups -OCH3 is 2. The summed E-state index contributed by atoms with van der Waals surface area (Å²) in [7, 11) is 3.13. The summed E-state index contributed by atoms with van der Waals surface area (Å²) in [5.74, 6) is 1.07. The molecule has 0 unspecified atom stereocenters. The molecule has 1 heterocycles. The Morgan fingerprint density at radius 1 is 1.33 bits per heavy atom. The van der Waals surface area contributed by atoms with Crippen molar-refractivity contribution in [2.75, 3.05) is 33.9 Å². The van der Waals surface area contributed by atoms with Crippen molar-refractivity contribution >= 4 is 5.91 Å². The van der Waals surface area contributed by atoms with Gasteiger partial charge in [-0.2, -0.15) is 0 Å². The molecule has 1 aromatic carbocycles. The molecular weight excluding hydrogens is 268 g/mol. The maximum atomic E-state index is 12.2. The minimum Gasteiger partial charge on any atom is -0.497 e. The Balaban J connectivity index is 1.92. The highest BCUT2D eigenvalue weighted by Gasteiger charge is 2.13. The largest absolute Gasteiger partial charge is 0.497 e. The molecular formula is C16H22N2O3. The molecule has 1 aromatic rings. The normalized spacial score (nSPS) is 14.3. The second-order valence-corrected chi connectivity index (χ2v) is 4.89. The van der Waals surface area contributed by atoms with Crippen LogP contribution in [0.25, 0.3) is 0 Å². The Kier molecular flexibility index (Phi) is 5.63. The number of nitrogens with one attached hydrogen (secondary N) is 2. The van der Waals surface area contributed by atoms with E-state index in [1.807, 2.05) is 0 Å². The third kappa shape index (κ3) is 4.23. The summed E-state index contributed by atoms with van der Waals surface area (Å²) in [5.41, 5.74) is 1.92. The van der Waals surface area contributed by atoms with E-state index >= 15 is 0 Å². The summed E-state index contributed by atoms with van der Waals surface area (Å²) >= 11 is 0. The van der Waals surface area contributed by atoms with Gasteiger partial charge in [-0.3, -0.25) is 4.79 Å². The average molecular weight is 290 g/mol. The number of ether oxygens (including phenoxy) is 2. The van der Waals surface area contributed by atoms with Crippen molar-refractivity contribution in [3.63, 3.8) is 0 Å². The smallest absolute Gasteiger partial charge is 0.255 e. The van der Waals surface area contributed by atoms with E-state index in [1.54, 1.807) is 32.4 Å². The number of benzene rings is 1. The summed E-state index contributed by atoms with van der Waals surface area (Å²) in [6.45, 7) is 2.58. The van der Waals surface area contributed by atoms with Gasteiger partial charge in [-0.05, 0) is 31.5 Å². The van der Waals surface area contributed by atoms with E-state index in [-0.39, 0.29) is 5.91 Å². The molecule has 1 amide bonds. The van der Waals surface area contributed by atoms with Gasteiger partial charge >= 0.3 is 0 Å². The molecule has 2 rings (SSSR count). The van der Waals surface area contributed by atoms with E-state index in [4.69, 9.17) is 9.47 Å². The van der Waals surface area contributed by atoms with Gasteiger partial charge in [0.25, 0.3) is 5.91 Å². The van der Waals surface area contributed by atoms with E-state index in [0.29, 0.717) is 23.6 Å². The van der Waals surface area contributed by atoms with Gasteiger partial charge in [0.05, 0.1) is 19.8 Å². The number of hydrogen-bond acceptors (Lipinski definition) is 4. The molecule has 0 aromatic heterocycles. The lowest BCUT2D eigenvalue weighted by molar-refractivity contribution is 0.0951. The van der Waals surface area contributed by atoms with Crippen LogP contribution in [0.15, 0.2) is 29.8 Å². The molecule has 0 fully saturated rings. The first-order chi connectivity index (χ1) is 10.2. The maximum absolute atomic E-state index is 12.2. The zero-order chi connectivity index (χ0) is 15.1. The van der Waals surface area contributed by atoms with Gasteiger partial charge in [-0.15, -0.1) is 0 Å². The van der Waals surface area contributed by atoms with E-state index < -0.39 is 0 Å². The number of rotatable bonds is 6. The van der Waals surface area contributed by atoms with Gasteiger partial charge < -0.3 is 20.1 Å². The first-order valence-corrected chi connectivity index (χ1v) is 7.13. The van der Waals surface area contributed by atoms with E-state index in [2.05, 4.69) is 16.7 Å². The Hall–Kier alpha value is -2.01. The lowest BCUT2D eigenvalue weighted by Gasteiger charge is -2.15. The van der Waals surface area contributed by atoms with Crippen LogP contribution in [0.4, 0.5) is 0 Å². The molecule has 5 heteroatoms. The Morgan fingerprint density at radius 3 is 2.86 bits per heavy atom. The number of amides is 1. The molecule has 0 radical (unpaired) electrons. The summed E-state index contributed by atoms with van der Waals surface area (Å²) in [6.07, 6.45) is 4.15. The maximum Gasteiger partial charge on any atom is 0.255 e. The Bertz CT molecular complexity index is 526. The second-order valence-electron chi connectivity index (χ2n) is 4.89. The molecule has 0 atom stereocenters. The van der Waals surface area contributed by atoms with Gasteiger partial charge in [0.15, 0.2) is 0 Å². The molecule has 1 aliphatic rings. The molecule has 0 bridgehead atoms. The molecule has 1 aliphatic heterocycles. The highest BCUT2D eigenvalue weighted by atomic mass is 16.5. The summed E-state index contributed by atoms with van der Waals surface area (Å²) in [6, 6.07) is 5.19. The monoisotopic (exact) mass is 290 g/mol. The molecule has 0 aliphatic carbocycles. The first-order valence-electron chi connectivity index (χ1n) is 7.13. The van der Waals surface area contributed by atoms with Crippen molar-refractivity contribution in [3.8, 4) is 11.5 Å². The Morgan fingerprint density at radius 2 is 2.19 bits per heavy atom. The van der Waals surface area contributed by atoms with Crippen molar-refractivity contribution in [3.05, 3.63) is 35.4 Å². The van der Waals surface area contributed by atoms with Crippen LogP contribution in [-0.2, 0) is 0 Å². The van der Waals surface area contributed by atoms with Crippen LogP contribution in [0.5, 0.6) is 11.5 Å². The van der Waals surface area contributed by atoms with Crippen LogP contribution in [0, 0.1) is 0 Å². The van der Waals surface area contributed by atoms with Gasteiger partial charge in [0.1, 0.15) is 11.5 Å². The second kappa shape index (κ2) is 7.69. The molecule has 2 N–H and O–H groups in total. The van der Waals surface area contributed by atoms with Gasteiger partial charge in [-0.25, -0.2) is 0 Å². The van der Waals surface area contributed by atoms with E-state index in [0.717, 1.165) is 25.9 Å². The minimum absolute atomic E-state index is 0.121. The fraction of sp³-hybridized carbons (Fsp3) is 0.438. The number of carbonyl (C=O) groups excluding carboxylic acids is 1. The summed E-state index contributed by atoms with van der Waals surface area (Å²) in [4.78, 5) is 12.2. The minimum atomic E-state index is -0.121. The fourth-order valence-corrected chi connectivity index (χ4v) is 2.31. The third-order valence-electron chi connectivity index (χ3n) is 3.54. The quantitative estimate of drug-likeness (QED) is 0.784. The van der Waals surface area contributed by atoms with Crippen LogP contribution in [0.1, 0.15) is 23.2 Å². The lowest BCUT2D eigenvalue weighted by atomic mass is 10.1. The fourth-order valence-electron chi connectivity index (χ4n) is 2.31. The van der Waals surface area contributed by atoms with Crippen molar-refractivity contribution in [1.82, 2.24) is 10.6 Å². The van der Waals surface area contributed by atoms with Crippen LogP contribution < -0.4 is 20.1 Å². The molecule has 21 heavy (non-hydrogen) atoms. The predicted octanol–water partition coefficient (Wildman–Crippen LogP) is 1.74. The van der Waals surface area contributed by atoms with Crippen LogP contribution in [-0.4, -0.2) is 39.8 Å². The average Bonchev–Trinajstić information content (AvgIpc) is 2.55. The molecule has 0 saturated heterocycles. The molecule has 114 valence electrons.